The Kier molecular flexibility index (Phi) is 3.02. The van der Waals surface area contributed by atoms with E-state index in [1.54, 1.807) is 6.20 Å². The van der Waals surface area contributed by atoms with Crippen molar-refractivity contribution in [3.8, 4) is 0 Å². The average molecular weight is 215 g/mol. The average Bonchev–Trinajstić information content (AvgIpc) is 2.04. The van der Waals surface area contributed by atoms with Crippen molar-refractivity contribution >= 4 is 15.9 Å². The summed E-state index contributed by atoms with van der Waals surface area (Å²) < 4.78 is 1.06. The first-order chi connectivity index (χ1) is 5.25. The largest absolute Gasteiger partial charge is 0.313 e. The summed E-state index contributed by atoms with van der Waals surface area (Å²) in [6.45, 7) is 2.11. The van der Waals surface area contributed by atoms with Gasteiger partial charge in [-0.3, -0.25) is 4.98 Å². The molecule has 0 radical (unpaired) electrons. The molecule has 1 N–H and O–H groups in total. The first kappa shape index (κ1) is 8.68. The zero-order chi connectivity index (χ0) is 8.27. The number of nitrogens with one attached hydrogen (secondary N) is 1. The molecule has 1 heterocycles. The Morgan fingerprint density at radius 3 is 2.91 bits per heavy atom. The minimum Gasteiger partial charge on any atom is -0.313 e. The number of nitrogens with zero attached hydrogens (tertiary/aromatic N) is 1. The quantitative estimate of drug-likeness (QED) is 0.817. The van der Waals surface area contributed by atoms with Gasteiger partial charge in [-0.15, -0.1) is 0 Å². The molecule has 1 aromatic heterocycles. The molecule has 0 spiro atoms. The molecule has 2 nitrogen and oxygen atoms in total. The number of aromatic nitrogens is 1. The molecule has 0 amide bonds. The Bertz CT molecular complexity index is 237. The zero-order valence-corrected chi connectivity index (χ0v) is 8.22. The molecular formula is C8H11BrN2. The van der Waals surface area contributed by atoms with E-state index in [9.17, 15) is 0 Å². The van der Waals surface area contributed by atoms with E-state index in [0.717, 1.165) is 4.47 Å². The minimum absolute atomic E-state index is 0.368. The van der Waals surface area contributed by atoms with Crippen molar-refractivity contribution in [2.24, 2.45) is 0 Å². The van der Waals surface area contributed by atoms with Crippen LogP contribution in [-0.4, -0.2) is 12.0 Å². The van der Waals surface area contributed by atoms with Crippen LogP contribution in [0.5, 0.6) is 0 Å². The number of pyridine rings is 1. The summed E-state index contributed by atoms with van der Waals surface area (Å²) in [5.41, 5.74) is 1.24. The molecule has 0 saturated heterocycles. The SMILES string of the molecule is CNC(C)c1ccncc1Br. The Hall–Kier alpha value is -0.410. The van der Waals surface area contributed by atoms with Gasteiger partial charge >= 0.3 is 0 Å². The van der Waals surface area contributed by atoms with E-state index < -0.39 is 0 Å². The van der Waals surface area contributed by atoms with Crippen LogP contribution in [0.1, 0.15) is 18.5 Å². The zero-order valence-electron chi connectivity index (χ0n) is 6.63. The van der Waals surface area contributed by atoms with E-state index in [2.05, 4.69) is 33.2 Å². The summed E-state index contributed by atoms with van der Waals surface area (Å²) in [5, 5.41) is 3.16. The lowest BCUT2D eigenvalue weighted by atomic mass is 10.1. The second-order valence-corrected chi connectivity index (χ2v) is 3.26. The molecule has 0 saturated carbocycles. The molecule has 1 atom stereocenters. The van der Waals surface area contributed by atoms with Crippen LogP contribution in [0.15, 0.2) is 22.9 Å². The highest BCUT2D eigenvalue weighted by Gasteiger charge is 2.04. The van der Waals surface area contributed by atoms with E-state index >= 15 is 0 Å². The normalized spacial score (nSPS) is 13.0. The van der Waals surface area contributed by atoms with Gasteiger partial charge in [0, 0.05) is 22.9 Å². The maximum absolute atomic E-state index is 3.99. The molecule has 1 aromatic rings. The topological polar surface area (TPSA) is 24.9 Å². The van der Waals surface area contributed by atoms with Crippen molar-refractivity contribution in [1.29, 1.82) is 0 Å². The van der Waals surface area contributed by atoms with Gasteiger partial charge in [0.2, 0.25) is 0 Å². The summed E-state index contributed by atoms with van der Waals surface area (Å²) in [6, 6.07) is 2.37. The van der Waals surface area contributed by atoms with Crippen LogP contribution in [0.25, 0.3) is 0 Å². The lowest BCUT2D eigenvalue weighted by Crippen LogP contribution is -2.12. The van der Waals surface area contributed by atoms with E-state index in [1.807, 2.05) is 19.3 Å². The standard InChI is InChI=1S/C8H11BrN2/c1-6(10-2)7-3-4-11-5-8(7)9/h3-6,10H,1-2H3. The van der Waals surface area contributed by atoms with Crippen molar-refractivity contribution in [1.82, 2.24) is 10.3 Å². The molecule has 0 aliphatic rings. The Balaban J connectivity index is 2.93. The molecular weight excluding hydrogens is 204 g/mol. The Morgan fingerprint density at radius 2 is 2.36 bits per heavy atom. The molecule has 1 rings (SSSR count). The highest BCUT2D eigenvalue weighted by molar-refractivity contribution is 9.10. The van der Waals surface area contributed by atoms with Crippen LogP contribution in [-0.2, 0) is 0 Å². The van der Waals surface area contributed by atoms with E-state index in [0.29, 0.717) is 6.04 Å². The summed E-state index contributed by atoms with van der Waals surface area (Å²) in [5.74, 6) is 0. The van der Waals surface area contributed by atoms with Gasteiger partial charge in [-0.25, -0.2) is 0 Å². The lowest BCUT2D eigenvalue weighted by Gasteiger charge is -2.11. The van der Waals surface area contributed by atoms with Crippen LogP contribution < -0.4 is 5.32 Å². The molecule has 11 heavy (non-hydrogen) atoms. The van der Waals surface area contributed by atoms with Crippen molar-refractivity contribution in [3.63, 3.8) is 0 Å². The smallest absolute Gasteiger partial charge is 0.0413 e. The molecule has 3 heteroatoms. The molecule has 0 aromatic carbocycles. The second kappa shape index (κ2) is 3.83. The number of hydrogen-bond donors (Lipinski definition) is 1. The van der Waals surface area contributed by atoms with Crippen molar-refractivity contribution in [2.45, 2.75) is 13.0 Å². The molecule has 1 unspecified atom stereocenters. The van der Waals surface area contributed by atoms with Gasteiger partial charge in [0.15, 0.2) is 0 Å². The monoisotopic (exact) mass is 214 g/mol. The van der Waals surface area contributed by atoms with Gasteiger partial charge in [-0.1, -0.05) is 0 Å². The first-order valence-corrected chi connectivity index (χ1v) is 4.31. The van der Waals surface area contributed by atoms with Crippen LogP contribution in [0.2, 0.25) is 0 Å². The summed E-state index contributed by atoms with van der Waals surface area (Å²) >= 11 is 3.44. The third kappa shape index (κ3) is 2.01. The van der Waals surface area contributed by atoms with E-state index in [-0.39, 0.29) is 0 Å². The third-order valence-electron chi connectivity index (χ3n) is 1.70. The lowest BCUT2D eigenvalue weighted by molar-refractivity contribution is 0.648. The summed E-state index contributed by atoms with van der Waals surface area (Å²) in [6.07, 6.45) is 3.61. The van der Waals surface area contributed by atoms with Gasteiger partial charge in [0.25, 0.3) is 0 Å². The molecule has 0 bridgehead atoms. The van der Waals surface area contributed by atoms with Crippen molar-refractivity contribution in [3.05, 3.63) is 28.5 Å². The summed E-state index contributed by atoms with van der Waals surface area (Å²) in [7, 11) is 1.94. The fraction of sp³-hybridized carbons (Fsp3) is 0.375. The minimum atomic E-state index is 0.368. The van der Waals surface area contributed by atoms with E-state index in [1.165, 1.54) is 5.56 Å². The van der Waals surface area contributed by atoms with Gasteiger partial charge < -0.3 is 5.32 Å². The maximum Gasteiger partial charge on any atom is 0.0413 e. The van der Waals surface area contributed by atoms with Gasteiger partial charge in [0.1, 0.15) is 0 Å². The predicted molar refractivity (Wildman–Crippen MR) is 49.4 cm³/mol. The van der Waals surface area contributed by atoms with Crippen LogP contribution in [0, 0.1) is 0 Å². The molecule has 0 aliphatic carbocycles. The highest BCUT2D eigenvalue weighted by atomic mass is 79.9. The molecule has 0 aliphatic heterocycles. The van der Waals surface area contributed by atoms with Gasteiger partial charge in [-0.05, 0) is 41.5 Å². The Morgan fingerprint density at radius 1 is 1.64 bits per heavy atom. The van der Waals surface area contributed by atoms with Gasteiger partial charge in [-0.2, -0.15) is 0 Å². The van der Waals surface area contributed by atoms with E-state index in [4.69, 9.17) is 0 Å². The van der Waals surface area contributed by atoms with Gasteiger partial charge in [0.05, 0.1) is 0 Å². The highest BCUT2D eigenvalue weighted by Crippen LogP contribution is 2.20. The van der Waals surface area contributed by atoms with Crippen molar-refractivity contribution < 1.29 is 0 Å². The Labute approximate surface area is 75.2 Å². The van der Waals surface area contributed by atoms with Crippen LogP contribution in [0.3, 0.4) is 0 Å². The first-order valence-electron chi connectivity index (χ1n) is 3.52. The number of halogens is 1. The molecule has 0 fully saturated rings. The maximum atomic E-state index is 3.99. The fourth-order valence-corrected chi connectivity index (χ4v) is 1.49. The van der Waals surface area contributed by atoms with Crippen LogP contribution >= 0.6 is 15.9 Å². The third-order valence-corrected chi connectivity index (χ3v) is 2.37. The number of hydrogen-bond acceptors (Lipinski definition) is 2. The predicted octanol–water partition coefficient (Wildman–Crippen LogP) is 2.12. The summed E-state index contributed by atoms with van der Waals surface area (Å²) in [4.78, 5) is 3.99. The fourth-order valence-electron chi connectivity index (χ4n) is 0.893. The van der Waals surface area contributed by atoms with Crippen LogP contribution in [0.4, 0.5) is 0 Å². The second-order valence-electron chi connectivity index (χ2n) is 2.41. The van der Waals surface area contributed by atoms with Crippen molar-refractivity contribution in [2.75, 3.05) is 7.05 Å². The number of rotatable bonds is 2. The molecule has 60 valence electrons.